The summed E-state index contributed by atoms with van der Waals surface area (Å²) in [6, 6.07) is 0. The highest BCUT2D eigenvalue weighted by molar-refractivity contribution is 5.66. The Morgan fingerprint density at radius 1 is 1.70 bits per heavy atom. The average Bonchev–Trinajstić information content (AvgIpc) is 1.87. The normalized spacial score (nSPS) is 8.80. The van der Waals surface area contributed by atoms with E-state index in [2.05, 4.69) is 4.84 Å². The molecule has 5 nitrogen and oxygen atoms in total. The fraction of sp³-hybridized carbons (Fsp3) is 0.600. The first kappa shape index (κ1) is 8.90. The maximum atomic E-state index is 9.89. The molecule has 0 aliphatic rings. The van der Waals surface area contributed by atoms with Gasteiger partial charge in [0.15, 0.2) is 0 Å². The predicted molar refractivity (Wildman–Crippen MR) is 32.0 cm³/mol. The smallest absolute Gasteiger partial charge is 0.303 e. The van der Waals surface area contributed by atoms with Crippen LogP contribution in [0.2, 0.25) is 0 Å². The lowest BCUT2D eigenvalue weighted by molar-refractivity contribution is -0.137. The Morgan fingerprint density at radius 3 is 2.90 bits per heavy atom. The molecule has 0 heterocycles. The van der Waals surface area contributed by atoms with Crippen molar-refractivity contribution in [3.05, 3.63) is 0 Å². The summed E-state index contributed by atoms with van der Waals surface area (Å²) in [7, 11) is 0. The maximum absolute atomic E-state index is 9.89. The molecule has 0 radical (unpaired) electrons. The molecule has 0 aromatic heterocycles. The Hall–Kier alpha value is -1.10. The van der Waals surface area contributed by atoms with Crippen molar-refractivity contribution >= 4 is 12.4 Å². The van der Waals surface area contributed by atoms with Gasteiger partial charge in [-0.05, 0) is 6.42 Å². The van der Waals surface area contributed by atoms with Crippen molar-refractivity contribution in [2.45, 2.75) is 12.8 Å². The highest BCUT2D eigenvalue weighted by atomic mass is 16.6. The number of aliphatic carboxylic acids is 1. The molecule has 0 spiro atoms. The summed E-state index contributed by atoms with van der Waals surface area (Å²) in [4.78, 5) is 23.9. The van der Waals surface area contributed by atoms with Gasteiger partial charge in [-0.15, -0.1) is 0 Å². The van der Waals surface area contributed by atoms with Gasteiger partial charge in [0.05, 0.1) is 6.61 Å². The summed E-state index contributed by atoms with van der Waals surface area (Å²) in [6.45, 7) is 0.227. The summed E-state index contributed by atoms with van der Waals surface area (Å²) in [5.41, 5.74) is 1.95. The zero-order valence-electron chi connectivity index (χ0n) is 5.37. The van der Waals surface area contributed by atoms with Crippen molar-refractivity contribution in [2.24, 2.45) is 0 Å². The topological polar surface area (TPSA) is 75.6 Å². The third kappa shape index (κ3) is 6.90. The first-order valence-electron chi connectivity index (χ1n) is 2.80. The van der Waals surface area contributed by atoms with Crippen molar-refractivity contribution in [2.75, 3.05) is 6.61 Å². The van der Waals surface area contributed by atoms with Gasteiger partial charge >= 0.3 is 5.97 Å². The molecule has 10 heavy (non-hydrogen) atoms. The summed E-state index contributed by atoms with van der Waals surface area (Å²) < 4.78 is 0. The van der Waals surface area contributed by atoms with Crippen LogP contribution >= 0.6 is 0 Å². The van der Waals surface area contributed by atoms with Crippen LogP contribution in [-0.4, -0.2) is 24.1 Å². The lowest BCUT2D eigenvalue weighted by Crippen LogP contribution is -2.13. The van der Waals surface area contributed by atoms with E-state index in [4.69, 9.17) is 5.11 Å². The summed E-state index contributed by atoms with van der Waals surface area (Å²) in [5.74, 6) is -0.866. The minimum Gasteiger partial charge on any atom is -0.481 e. The average molecular weight is 147 g/mol. The number of hydrogen-bond acceptors (Lipinski definition) is 3. The molecule has 0 bridgehead atoms. The molecule has 0 saturated carbocycles. The van der Waals surface area contributed by atoms with Crippen molar-refractivity contribution in [1.82, 2.24) is 5.48 Å². The Labute approximate surface area is 57.9 Å². The van der Waals surface area contributed by atoms with Gasteiger partial charge < -0.3 is 5.11 Å². The van der Waals surface area contributed by atoms with Gasteiger partial charge in [-0.25, -0.2) is 5.48 Å². The maximum Gasteiger partial charge on any atom is 0.303 e. The van der Waals surface area contributed by atoms with Gasteiger partial charge in [-0.3, -0.25) is 14.4 Å². The SMILES string of the molecule is O=CNOCCCC(=O)O. The Morgan fingerprint density at radius 2 is 2.40 bits per heavy atom. The van der Waals surface area contributed by atoms with Gasteiger partial charge in [0, 0.05) is 6.42 Å². The number of hydroxylamine groups is 1. The number of rotatable bonds is 6. The number of amides is 1. The van der Waals surface area contributed by atoms with E-state index in [-0.39, 0.29) is 13.0 Å². The molecule has 1 amide bonds. The van der Waals surface area contributed by atoms with Gasteiger partial charge in [0.2, 0.25) is 6.41 Å². The Kier molecular flexibility index (Phi) is 5.36. The lowest BCUT2D eigenvalue weighted by Gasteiger charge is -1.96. The fourth-order valence-corrected chi connectivity index (χ4v) is 0.389. The van der Waals surface area contributed by atoms with Crippen LogP contribution in [-0.2, 0) is 14.4 Å². The van der Waals surface area contributed by atoms with Crippen LogP contribution in [0.25, 0.3) is 0 Å². The third-order valence-electron chi connectivity index (χ3n) is 0.768. The molecule has 0 aliphatic heterocycles. The van der Waals surface area contributed by atoms with Crippen molar-refractivity contribution in [1.29, 1.82) is 0 Å². The molecule has 0 aromatic rings. The fourth-order valence-electron chi connectivity index (χ4n) is 0.389. The minimum absolute atomic E-state index is 0.0561. The van der Waals surface area contributed by atoms with Crippen LogP contribution in [0.4, 0.5) is 0 Å². The monoisotopic (exact) mass is 147 g/mol. The van der Waals surface area contributed by atoms with E-state index in [1.54, 1.807) is 0 Å². The van der Waals surface area contributed by atoms with E-state index >= 15 is 0 Å². The zero-order valence-corrected chi connectivity index (χ0v) is 5.37. The summed E-state index contributed by atoms with van der Waals surface area (Å²) in [6.07, 6.45) is 0.845. The van der Waals surface area contributed by atoms with Crippen LogP contribution in [0.3, 0.4) is 0 Å². The number of carboxylic acids is 1. The second-order valence-electron chi connectivity index (χ2n) is 1.58. The van der Waals surface area contributed by atoms with Gasteiger partial charge in [-0.2, -0.15) is 0 Å². The number of nitrogens with one attached hydrogen (secondary N) is 1. The molecule has 0 fully saturated rings. The molecule has 0 atom stereocenters. The standard InChI is InChI=1S/C5H9NO4/c7-4-6-10-3-1-2-5(8)9/h4H,1-3H2,(H,6,7)(H,8,9). The number of carboxylic acid groups (broad SMARTS) is 1. The molecule has 2 N–H and O–H groups in total. The van der Waals surface area contributed by atoms with E-state index < -0.39 is 5.97 Å². The highest BCUT2D eigenvalue weighted by Gasteiger charge is 1.94. The van der Waals surface area contributed by atoms with Crippen molar-refractivity contribution < 1.29 is 19.5 Å². The number of carbonyl (C=O) groups excluding carboxylic acids is 1. The van der Waals surface area contributed by atoms with Gasteiger partial charge in [-0.1, -0.05) is 0 Å². The number of carbonyl (C=O) groups is 2. The lowest BCUT2D eigenvalue weighted by atomic mass is 10.3. The van der Waals surface area contributed by atoms with Crippen LogP contribution < -0.4 is 5.48 Å². The molecular weight excluding hydrogens is 138 g/mol. The van der Waals surface area contributed by atoms with Gasteiger partial charge in [0.1, 0.15) is 0 Å². The summed E-state index contributed by atoms with van der Waals surface area (Å²) >= 11 is 0. The van der Waals surface area contributed by atoms with Crippen molar-refractivity contribution in [3.63, 3.8) is 0 Å². The van der Waals surface area contributed by atoms with E-state index in [9.17, 15) is 9.59 Å². The third-order valence-corrected chi connectivity index (χ3v) is 0.768. The van der Waals surface area contributed by atoms with E-state index in [1.165, 1.54) is 0 Å². The van der Waals surface area contributed by atoms with Crippen LogP contribution in [0.1, 0.15) is 12.8 Å². The van der Waals surface area contributed by atoms with Crippen molar-refractivity contribution in [3.8, 4) is 0 Å². The molecular formula is C5H9NO4. The van der Waals surface area contributed by atoms with Crippen LogP contribution in [0.15, 0.2) is 0 Å². The molecule has 0 rings (SSSR count). The second kappa shape index (κ2) is 6.03. The second-order valence-corrected chi connectivity index (χ2v) is 1.58. The molecule has 0 saturated heterocycles. The predicted octanol–water partition coefficient (Wildman–Crippen LogP) is -0.471. The molecule has 0 aliphatic carbocycles. The zero-order chi connectivity index (χ0) is 7.82. The van der Waals surface area contributed by atoms with E-state index in [1.807, 2.05) is 5.48 Å². The Balaban J connectivity index is 2.90. The van der Waals surface area contributed by atoms with E-state index in [0.29, 0.717) is 12.8 Å². The first-order chi connectivity index (χ1) is 4.77. The molecule has 0 aromatic carbocycles. The minimum atomic E-state index is -0.866. The van der Waals surface area contributed by atoms with Gasteiger partial charge in [0.25, 0.3) is 0 Å². The quantitative estimate of drug-likeness (QED) is 0.302. The molecule has 0 unspecified atom stereocenters. The van der Waals surface area contributed by atoms with Crippen LogP contribution in [0.5, 0.6) is 0 Å². The van der Waals surface area contributed by atoms with Crippen LogP contribution in [0, 0.1) is 0 Å². The largest absolute Gasteiger partial charge is 0.481 e. The highest BCUT2D eigenvalue weighted by Crippen LogP contribution is 1.86. The summed E-state index contributed by atoms with van der Waals surface area (Å²) in [5, 5.41) is 8.12. The molecule has 58 valence electrons. The Bertz CT molecular complexity index is 114. The molecule has 5 heteroatoms. The first-order valence-corrected chi connectivity index (χ1v) is 2.80. The van der Waals surface area contributed by atoms with E-state index in [0.717, 1.165) is 0 Å². The number of hydrogen-bond donors (Lipinski definition) is 2.